The molecular formula is C39H32N4. The van der Waals surface area contributed by atoms with Gasteiger partial charge in [0.1, 0.15) is 5.65 Å². The van der Waals surface area contributed by atoms with E-state index in [0.29, 0.717) is 0 Å². The molecule has 0 aliphatic carbocycles. The zero-order valence-electron chi connectivity index (χ0n) is 24.1. The molecule has 0 radical (unpaired) electrons. The molecular weight excluding hydrogens is 524 g/mol. The minimum absolute atomic E-state index is 0.960. The van der Waals surface area contributed by atoms with Crippen LogP contribution in [0.3, 0.4) is 0 Å². The number of rotatable bonds is 8. The average molecular weight is 557 g/mol. The Hall–Kier alpha value is -5.61. The first kappa shape index (κ1) is 26.3. The average Bonchev–Trinajstić information content (AvgIpc) is 3.51. The number of hydrogen-bond acceptors (Lipinski definition) is 3. The third-order valence-corrected chi connectivity index (χ3v) is 7.75. The van der Waals surface area contributed by atoms with Crippen LogP contribution in [-0.4, -0.2) is 9.38 Å². The molecule has 0 amide bonds. The molecule has 0 bridgehead atoms. The van der Waals surface area contributed by atoms with Gasteiger partial charge < -0.3 is 14.2 Å². The van der Waals surface area contributed by atoms with Crippen LogP contribution in [0.25, 0.3) is 16.9 Å². The molecule has 7 aromatic rings. The third-order valence-electron chi connectivity index (χ3n) is 7.75. The SMILES string of the molecule is CCc1ccc2nc(-c3ccc(N(c4ccccc4)c4ccc(N(c5ccccc5)c5ccccc5)cc4)cc3)cn2c1. The number of aryl methyl sites for hydroxylation is 1. The number of nitrogens with zero attached hydrogens (tertiary/aromatic N) is 4. The van der Waals surface area contributed by atoms with Crippen LogP contribution in [0.4, 0.5) is 34.1 Å². The molecule has 43 heavy (non-hydrogen) atoms. The number of para-hydroxylation sites is 3. The summed E-state index contributed by atoms with van der Waals surface area (Å²) < 4.78 is 2.12. The smallest absolute Gasteiger partial charge is 0.137 e. The van der Waals surface area contributed by atoms with Crippen LogP contribution in [0.1, 0.15) is 12.5 Å². The van der Waals surface area contributed by atoms with Gasteiger partial charge in [0.15, 0.2) is 0 Å². The maximum Gasteiger partial charge on any atom is 0.137 e. The fourth-order valence-electron chi connectivity index (χ4n) is 5.54. The van der Waals surface area contributed by atoms with Gasteiger partial charge in [-0.25, -0.2) is 4.98 Å². The summed E-state index contributed by atoms with van der Waals surface area (Å²) in [6.45, 7) is 2.17. The van der Waals surface area contributed by atoms with Crippen molar-refractivity contribution in [2.45, 2.75) is 13.3 Å². The number of pyridine rings is 1. The predicted molar refractivity (Wildman–Crippen MR) is 179 cm³/mol. The molecule has 2 aromatic heterocycles. The van der Waals surface area contributed by atoms with Crippen LogP contribution in [0.15, 0.2) is 164 Å². The summed E-state index contributed by atoms with van der Waals surface area (Å²) >= 11 is 0. The Kier molecular flexibility index (Phi) is 7.16. The highest BCUT2D eigenvalue weighted by Crippen LogP contribution is 2.39. The van der Waals surface area contributed by atoms with E-state index in [2.05, 4.69) is 185 Å². The van der Waals surface area contributed by atoms with Crippen molar-refractivity contribution in [3.8, 4) is 11.3 Å². The molecule has 0 aliphatic rings. The Morgan fingerprint density at radius 2 is 0.884 bits per heavy atom. The van der Waals surface area contributed by atoms with Crippen LogP contribution < -0.4 is 9.80 Å². The Morgan fingerprint density at radius 3 is 1.33 bits per heavy atom. The van der Waals surface area contributed by atoms with Crippen molar-refractivity contribution in [1.29, 1.82) is 0 Å². The van der Waals surface area contributed by atoms with E-state index in [0.717, 1.165) is 57.4 Å². The zero-order valence-corrected chi connectivity index (χ0v) is 24.1. The normalized spacial score (nSPS) is 11.0. The van der Waals surface area contributed by atoms with Gasteiger partial charge in [0, 0.05) is 52.1 Å². The molecule has 0 saturated carbocycles. The fourth-order valence-corrected chi connectivity index (χ4v) is 5.54. The summed E-state index contributed by atoms with van der Waals surface area (Å²) in [6, 6.07) is 53.2. The van der Waals surface area contributed by atoms with Crippen molar-refractivity contribution in [3.05, 3.63) is 170 Å². The summed E-state index contributed by atoms with van der Waals surface area (Å²) in [4.78, 5) is 9.44. The largest absolute Gasteiger partial charge is 0.311 e. The third kappa shape index (κ3) is 5.39. The standard InChI is InChI=1S/C39H32N4/c1-2-30-18-27-39-40-38(29-41(39)28-30)31-19-21-35(22-20-31)43(34-16-10-5-11-17-34)37-25-23-36(24-26-37)42(32-12-6-3-7-13-32)33-14-8-4-9-15-33/h3-29H,2H2,1H3. The number of fused-ring (bicyclic) bond motifs is 1. The molecule has 7 rings (SSSR count). The Labute approximate surface area is 252 Å². The van der Waals surface area contributed by atoms with E-state index in [9.17, 15) is 0 Å². The van der Waals surface area contributed by atoms with Crippen molar-refractivity contribution in [3.63, 3.8) is 0 Å². The summed E-state index contributed by atoms with van der Waals surface area (Å²) in [6.07, 6.45) is 5.28. The topological polar surface area (TPSA) is 23.8 Å². The number of imidazole rings is 1. The number of aromatic nitrogens is 2. The van der Waals surface area contributed by atoms with E-state index in [1.54, 1.807) is 0 Å². The highest BCUT2D eigenvalue weighted by atomic mass is 15.2. The molecule has 5 aromatic carbocycles. The number of benzene rings is 5. The predicted octanol–water partition coefficient (Wildman–Crippen LogP) is 10.5. The molecule has 0 saturated heterocycles. The summed E-state index contributed by atoms with van der Waals surface area (Å²) in [7, 11) is 0. The van der Waals surface area contributed by atoms with Crippen molar-refractivity contribution in [2.24, 2.45) is 0 Å². The number of anilines is 6. The minimum Gasteiger partial charge on any atom is -0.311 e. The van der Waals surface area contributed by atoms with Gasteiger partial charge in [0.05, 0.1) is 5.69 Å². The second kappa shape index (κ2) is 11.7. The van der Waals surface area contributed by atoms with Crippen molar-refractivity contribution < 1.29 is 0 Å². The maximum absolute atomic E-state index is 4.87. The van der Waals surface area contributed by atoms with Gasteiger partial charge in [0.2, 0.25) is 0 Å². The highest BCUT2D eigenvalue weighted by Gasteiger charge is 2.16. The van der Waals surface area contributed by atoms with E-state index in [1.165, 1.54) is 5.56 Å². The van der Waals surface area contributed by atoms with Crippen LogP contribution in [0.5, 0.6) is 0 Å². The van der Waals surface area contributed by atoms with Gasteiger partial charge in [-0.05, 0) is 90.8 Å². The molecule has 4 heteroatoms. The van der Waals surface area contributed by atoms with Crippen molar-refractivity contribution >= 4 is 39.8 Å². The Morgan fingerprint density at radius 1 is 0.465 bits per heavy atom. The van der Waals surface area contributed by atoms with Crippen LogP contribution in [-0.2, 0) is 6.42 Å². The van der Waals surface area contributed by atoms with Gasteiger partial charge in [-0.2, -0.15) is 0 Å². The lowest BCUT2D eigenvalue weighted by Gasteiger charge is -2.28. The van der Waals surface area contributed by atoms with Crippen molar-refractivity contribution in [1.82, 2.24) is 9.38 Å². The van der Waals surface area contributed by atoms with E-state index >= 15 is 0 Å². The molecule has 0 fully saturated rings. The van der Waals surface area contributed by atoms with Gasteiger partial charge in [-0.1, -0.05) is 79.7 Å². The monoisotopic (exact) mass is 556 g/mol. The Bertz CT molecular complexity index is 1890. The van der Waals surface area contributed by atoms with Crippen LogP contribution >= 0.6 is 0 Å². The van der Waals surface area contributed by atoms with E-state index < -0.39 is 0 Å². The second-order valence-electron chi connectivity index (χ2n) is 10.5. The molecule has 4 nitrogen and oxygen atoms in total. The van der Waals surface area contributed by atoms with Gasteiger partial charge in [0.25, 0.3) is 0 Å². The molecule has 208 valence electrons. The van der Waals surface area contributed by atoms with Crippen molar-refractivity contribution in [2.75, 3.05) is 9.80 Å². The molecule has 0 spiro atoms. The fraction of sp³-hybridized carbons (Fsp3) is 0.0513. The molecule has 0 unspecified atom stereocenters. The summed E-state index contributed by atoms with van der Waals surface area (Å²) in [5.41, 5.74) is 10.9. The first-order chi connectivity index (χ1) is 21.3. The van der Waals surface area contributed by atoms with Gasteiger partial charge in [-0.15, -0.1) is 0 Å². The highest BCUT2D eigenvalue weighted by molar-refractivity contribution is 5.81. The first-order valence-corrected chi connectivity index (χ1v) is 14.7. The molecule has 0 atom stereocenters. The quantitative estimate of drug-likeness (QED) is 0.186. The lowest BCUT2D eigenvalue weighted by Crippen LogP contribution is -2.12. The van der Waals surface area contributed by atoms with Gasteiger partial charge in [-0.3, -0.25) is 0 Å². The van der Waals surface area contributed by atoms with E-state index in [4.69, 9.17) is 4.98 Å². The second-order valence-corrected chi connectivity index (χ2v) is 10.5. The first-order valence-electron chi connectivity index (χ1n) is 14.7. The molecule has 0 N–H and O–H groups in total. The Balaban J connectivity index is 1.24. The lowest BCUT2D eigenvalue weighted by molar-refractivity contribution is 1.07. The summed E-state index contributed by atoms with van der Waals surface area (Å²) in [5, 5.41) is 0. The molecule has 0 aliphatic heterocycles. The molecule has 2 heterocycles. The van der Waals surface area contributed by atoms with Gasteiger partial charge >= 0.3 is 0 Å². The van der Waals surface area contributed by atoms with E-state index in [1.807, 2.05) is 0 Å². The zero-order chi connectivity index (χ0) is 29.0. The summed E-state index contributed by atoms with van der Waals surface area (Å²) in [5.74, 6) is 0. The minimum atomic E-state index is 0.960. The van der Waals surface area contributed by atoms with E-state index in [-0.39, 0.29) is 0 Å². The lowest BCUT2D eigenvalue weighted by atomic mass is 10.1. The van der Waals surface area contributed by atoms with Crippen LogP contribution in [0.2, 0.25) is 0 Å². The number of hydrogen-bond donors (Lipinski definition) is 0. The van der Waals surface area contributed by atoms with Crippen LogP contribution in [0, 0.1) is 0 Å². The maximum atomic E-state index is 4.87.